The van der Waals surface area contributed by atoms with Crippen LogP contribution in [-0.4, -0.2) is 35.7 Å². The maximum absolute atomic E-state index is 12.0. The summed E-state index contributed by atoms with van der Waals surface area (Å²) in [5.74, 6) is -0.371. The Kier molecular flexibility index (Phi) is 4.26. The van der Waals surface area contributed by atoms with Crippen LogP contribution in [0.3, 0.4) is 0 Å². The molecule has 0 atom stereocenters. The van der Waals surface area contributed by atoms with Gasteiger partial charge < -0.3 is 14.8 Å². The first kappa shape index (κ1) is 13.9. The van der Waals surface area contributed by atoms with Crippen LogP contribution in [-0.2, 0) is 4.74 Å². The summed E-state index contributed by atoms with van der Waals surface area (Å²) >= 11 is 0.905. The van der Waals surface area contributed by atoms with E-state index in [4.69, 9.17) is 4.74 Å². The van der Waals surface area contributed by atoms with Gasteiger partial charge in [0.15, 0.2) is 5.00 Å². The highest BCUT2D eigenvalue weighted by atomic mass is 32.1. The predicted octanol–water partition coefficient (Wildman–Crippen LogP) is 1.59. The van der Waals surface area contributed by atoms with Crippen molar-refractivity contribution in [3.8, 4) is 5.75 Å². The molecule has 1 aromatic carbocycles. The summed E-state index contributed by atoms with van der Waals surface area (Å²) in [6.07, 6.45) is 0. The Morgan fingerprint density at radius 2 is 1.90 bits per heavy atom. The van der Waals surface area contributed by atoms with Gasteiger partial charge in [0.05, 0.1) is 14.2 Å². The zero-order valence-corrected chi connectivity index (χ0v) is 11.6. The molecule has 0 saturated heterocycles. The van der Waals surface area contributed by atoms with Gasteiger partial charge in [0.25, 0.3) is 5.91 Å². The van der Waals surface area contributed by atoms with Gasteiger partial charge in [0.2, 0.25) is 5.69 Å². The van der Waals surface area contributed by atoms with Crippen LogP contribution in [0.1, 0.15) is 20.8 Å². The third kappa shape index (κ3) is 2.91. The summed E-state index contributed by atoms with van der Waals surface area (Å²) in [5, 5.41) is 6.44. The van der Waals surface area contributed by atoms with Crippen molar-refractivity contribution in [2.24, 2.45) is 0 Å². The van der Waals surface area contributed by atoms with E-state index in [1.54, 1.807) is 31.4 Å². The summed E-state index contributed by atoms with van der Waals surface area (Å²) < 4.78 is 13.2. The number of ether oxygens (including phenoxy) is 2. The number of rotatable bonds is 4. The fourth-order valence-electron chi connectivity index (χ4n) is 1.42. The number of hydrogen-bond acceptors (Lipinski definition) is 7. The van der Waals surface area contributed by atoms with E-state index in [0.29, 0.717) is 11.3 Å². The fourth-order valence-corrected chi connectivity index (χ4v) is 1.97. The van der Waals surface area contributed by atoms with Crippen molar-refractivity contribution >= 4 is 28.4 Å². The summed E-state index contributed by atoms with van der Waals surface area (Å²) in [6.45, 7) is 0. The number of aromatic nitrogens is 2. The Labute approximate surface area is 118 Å². The van der Waals surface area contributed by atoms with Crippen LogP contribution >= 0.6 is 11.5 Å². The maximum atomic E-state index is 12.0. The number of esters is 1. The topological polar surface area (TPSA) is 90.4 Å². The largest absolute Gasteiger partial charge is 0.497 e. The molecular weight excluding hydrogens is 282 g/mol. The molecule has 2 rings (SSSR count). The SMILES string of the molecule is COC(=O)c1nnsc1NC(=O)c1ccc(OC)cc1. The smallest absolute Gasteiger partial charge is 0.361 e. The minimum Gasteiger partial charge on any atom is -0.497 e. The standard InChI is InChI=1S/C12H11N3O4S/c1-18-8-5-3-7(4-6-8)10(16)13-11-9(12(17)19-2)14-15-20-11/h3-6H,1-2H3,(H,13,16). The molecule has 0 aliphatic heterocycles. The predicted molar refractivity (Wildman–Crippen MR) is 72.2 cm³/mol. The first-order valence-corrected chi connectivity index (χ1v) is 6.29. The lowest BCUT2D eigenvalue weighted by atomic mass is 10.2. The van der Waals surface area contributed by atoms with E-state index in [9.17, 15) is 9.59 Å². The van der Waals surface area contributed by atoms with E-state index in [0.717, 1.165) is 11.5 Å². The van der Waals surface area contributed by atoms with Gasteiger partial charge >= 0.3 is 5.97 Å². The summed E-state index contributed by atoms with van der Waals surface area (Å²) in [5.41, 5.74) is 0.411. The zero-order valence-electron chi connectivity index (χ0n) is 10.7. The number of benzene rings is 1. The number of nitrogens with zero attached hydrogens (tertiary/aromatic N) is 2. The minimum atomic E-state index is -0.649. The second-order valence-electron chi connectivity index (χ2n) is 3.62. The Morgan fingerprint density at radius 3 is 2.50 bits per heavy atom. The Morgan fingerprint density at radius 1 is 1.20 bits per heavy atom. The number of anilines is 1. The van der Waals surface area contributed by atoms with Crippen LogP contribution in [0.25, 0.3) is 0 Å². The van der Waals surface area contributed by atoms with E-state index in [2.05, 4.69) is 19.6 Å². The van der Waals surface area contributed by atoms with Gasteiger partial charge in [-0.15, -0.1) is 5.10 Å². The molecule has 1 heterocycles. The third-order valence-electron chi connectivity index (χ3n) is 2.45. The van der Waals surface area contributed by atoms with E-state index in [-0.39, 0.29) is 16.6 Å². The van der Waals surface area contributed by atoms with Gasteiger partial charge in [0, 0.05) is 17.1 Å². The highest BCUT2D eigenvalue weighted by Gasteiger charge is 2.19. The molecule has 0 radical (unpaired) electrons. The first-order chi connectivity index (χ1) is 9.65. The highest BCUT2D eigenvalue weighted by molar-refractivity contribution is 7.10. The van der Waals surface area contributed by atoms with Crippen molar-refractivity contribution in [2.45, 2.75) is 0 Å². The van der Waals surface area contributed by atoms with Crippen LogP contribution in [0.5, 0.6) is 5.75 Å². The van der Waals surface area contributed by atoms with E-state index < -0.39 is 5.97 Å². The number of carbonyl (C=O) groups excluding carboxylic acids is 2. The molecule has 2 aromatic rings. The molecule has 20 heavy (non-hydrogen) atoms. The van der Waals surface area contributed by atoms with Crippen LogP contribution in [0.15, 0.2) is 24.3 Å². The van der Waals surface area contributed by atoms with E-state index in [1.807, 2.05) is 0 Å². The molecule has 0 fully saturated rings. The fraction of sp³-hybridized carbons (Fsp3) is 0.167. The number of nitrogens with one attached hydrogen (secondary N) is 1. The molecule has 0 saturated carbocycles. The summed E-state index contributed by atoms with van der Waals surface area (Å²) in [6, 6.07) is 6.56. The monoisotopic (exact) mass is 293 g/mol. The second-order valence-corrected chi connectivity index (χ2v) is 4.38. The Balaban J connectivity index is 2.15. The van der Waals surface area contributed by atoms with Crippen LogP contribution in [0.2, 0.25) is 0 Å². The number of methoxy groups -OCH3 is 2. The van der Waals surface area contributed by atoms with Gasteiger partial charge in [-0.1, -0.05) is 4.49 Å². The molecular formula is C12H11N3O4S. The number of hydrogen-bond donors (Lipinski definition) is 1. The van der Waals surface area contributed by atoms with Gasteiger partial charge in [-0.2, -0.15) is 0 Å². The quantitative estimate of drug-likeness (QED) is 0.861. The van der Waals surface area contributed by atoms with Crippen LogP contribution in [0, 0.1) is 0 Å². The normalized spacial score (nSPS) is 9.90. The molecule has 8 heteroatoms. The molecule has 1 N–H and O–H groups in total. The van der Waals surface area contributed by atoms with Crippen molar-refractivity contribution in [1.29, 1.82) is 0 Å². The van der Waals surface area contributed by atoms with E-state index >= 15 is 0 Å². The molecule has 0 aliphatic rings. The molecule has 104 valence electrons. The van der Waals surface area contributed by atoms with Crippen molar-refractivity contribution < 1.29 is 19.1 Å². The van der Waals surface area contributed by atoms with Gasteiger partial charge in [-0.3, -0.25) is 4.79 Å². The summed E-state index contributed by atoms with van der Waals surface area (Å²) in [4.78, 5) is 23.4. The lowest BCUT2D eigenvalue weighted by Crippen LogP contribution is -2.14. The molecule has 0 unspecified atom stereocenters. The average molecular weight is 293 g/mol. The number of carbonyl (C=O) groups is 2. The molecule has 0 bridgehead atoms. The van der Waals surface area contributed by atoms with E-state index in [1.165, 1.54) is 7.11 Å². The molecule has 0 aliphatic carbocycles. The Bertz CT molecular complexity index is 624. The van der Waals surface area contributed by atoms with Crippen LogP contribution < -0.4 is 10.1 Å². The lowest BCUT2D eigenvalue weighted by molar-refractivity contribution is 0.0595. The Hall–Kier alpha value is -2.48. The lowest BCUT2D eigenvalue weighted by Gasteiger charge is -2.04. The van der Waals surface area contributed by atoms with Crippen molar-refractivity contribution in [2.75, 3.05) is 19.5 Å². The third-order valence-corrected chi connectivity index (χ3v) is 3.09. The second kappa shape index (κ2) is 6.11. The first-order valence-electron chi connectivity index (χ1n) is 5.51. The average Bonchev–Trinajstić information content (AvgIpc) is 2.94. The van der Waals surface area contributed by atoms with Crippen molar-refractivity contribution in [3.05, 3.63) is 35.5 Å². The number of amides is 1. The van der Waals surface area contributed by atoms with Gasteiger partial charge in [-0.05, 0) is 24.3 Å². The molecule has 1 amide bonds. The molecule has 7 nitrogen and oxygen atoms in total. The van der Waals surface area contributed by atoms with Gasteiger partial charge in [-0.25, -0.2) is 4.79 Å². The molecule has 1 aromatic heterocycles. The van der Waals surface area contributed by atoms with Crippen LogP contribution in [0.4, 0.5) is 5.00 Å². The minimum absolute atomic E-state index is 0.0145. The van der Waals surface area contributed by atoms with Crippen molar-refractivity contribution in [3.63, 3.8) is 0 Å². The molecule has 0 spiro atoms. The van der Waals surface area contributed by atoms with Crippen molar-refractivity contribution in [1.82, 2.24) is 9.59 Å². The zero-order chi connectivity index (χ0) is 14.5. The van der Waals surface area contributed by atoms with Gasteiger partial charge in [0.1, 0.15) is 5.75 Å². The highest BCUT2D eigenvalue weighted by Crippen LogP contribution is 2.20. The maximum Gasteiger partial charge on any atom is 0.361 e. The summed E-state index contributed by atoms with van der Waals surface area (Å²) in [7, 11) is 2.78.